The molecule has 1 unspecified atom stereocenters. The molecule has 4 N–H and O–H groups in total. The summed E-state index contributed by atoms with van der Waals surface area (Å²) in [5, 5.41) is 11.2. The molecular weight excluding hydrogens is 354 g/mol. The van der Waals surface area contributed by atoms with Gasteiger partial charge in [-0.25, -0.2) is 4.98 Å². The lowest BCUT2D eigenvalue weighted by atomic mass is 10.1. The zero-order valence-electron chi connectivity index (χ0n) is 14.9. The van der Waals surface area contributed by atoms with Crippen molar-refractivity contribution >= 4 is 28.9 Å². The Morgan fingerprint density at radius 2 is 2.00 bits per heavy atom. The molecule has 7 heteroatoms. The summed E-state index contributed by atoms with van der Waals surface area (Å²) >= 11 is 5.70. The summed E-state index contributed by atoms with van der Waals surface area (Å²) in [6.07, 6.45) is 2.25. The van der Waals surface area contributed by atoms with Gasteiger partial charge in [0.05, 0.1) is 17.8 Å². The Morgan fingerprint density at radius 3 is 2.62 bits per heavy atom. The number of benzene rings is 1. The summed E-state index contributed by atoms with van der Waals surface area (Å²) in [5.41, 5.74) is 7.28. The number of ether oxygens (including phenoxy) is 1. The minimum absolute atomic E-state index is 0.250. The number of nitrogens with zero attached hydrogens (tertiary/aromatic N) is 1. The van der Waals surface area contributed by atoms with Gasteiger partial charge in [0, 0.05) is 31.2 Å². The second kappa shape index (κ2) is 12.0. The predicted molar refractivity (Wildman–Crippen MR) is 104 cm³/mol. The molecule has 0 saturated heterocycles. The normalized spacial score (nSPS) is 10.9. The highest BCUT2D eigenvalue weighted by molar-refractivity contribution is 6.30. The number of aliphatic hydroxyl groups is 1. The van der Waals surface area contributed by atoms with Gasteiger partial charge in [-0.2, -0.15) is 0 Å². The van der Waals surface area contributed by atoms with E-state index in [9.17, 15) is 5.11 Å². The van der Waals surface area contributed by atoms with E-state index in [0.717, 1.165) is 22.2 Å². The van der Waals surface area contributed by atoms with Crippen LogP contribution in [-0.2, 0) is 9.53 Å². The number of amides is 1. The van der Waals surface area contributed by atoms with Gasteiger partial charge in [-0.1, -0.05) is 41.9 Å². The van der Waals surface area contributed by atoms with E-state index in [4.69, 9.17) is 21.1 Å². The molecule has 0 aliphatic carbocycles. The zero-order valence-corrected chi connectivity index (χ0v) is 15.6. The van der Waals surface area contributed by atoms with E-state index in [1.165, 1.54) is 0 Å². The highest BCUT2D eigenvalue weighted by atomic mass is 35.5. The number of carbonyl (C=O) groups excluding carboxylic acids is 1. The lowest BCUT2D eigenvalue weighted by Crippen LogP contribution is -2.01. The van der Waals surface area contributed by atoms with Crippen molar-refractivity contribution in [1.29, 1.82) is 0 Å². The monoisotopic (exact) mass is 377 g/mol. The third-order valence-corrected chi connectivity index (χ3v) is 3.59. The number of hydrogen-bond donors (Lipinski definition) is 3. The zero-order chi connectivity index (χ0) is 19.4. The first-order valence-electron chi connectivity index (χ1n) is 8.00. The van der Waals surface area contributed by atoms with Crippen LogP contribution in [0.5, 0.6) is 0 Å². The lowest BCUT2D eigenvalue weighted by Gasteiger charge is -2.09. The van der Waals surface area contributed by atoms with Gasteiger partial charge >= 0.3 is 0 Å². The fourth-order valence-corrected chi connectivity index (χ4v) is 2.39. The van der Waals surface area contributed by atoms with E-state index < -0.39 is 6.10 Å². The van der Waals surface area contributed by atoms with E-state index in [2.05, 4.69) is 15.7 Å². The topological polar surface area (TPSA) is 101 Å². The van der Waals surface area contributed by atoms with Gasteiger partial charge < -0.3 is 20.6 Å². The number of rotatable bonds is 4. The van der Waals surface area contributed by atoms with Crippen LogP contribution >= 0.6 is 11.6 Å². The average Bonchev–Trinajstić information content (AvgIpc) is 3.01. The second-order valence-electron chi connectivity index (χ2n) is 5.39. The van der Waals surface area contributed by atoms with Gasteiger partial charge in [0.2, 0.25) is 6.41 Å². The lowest BCUT2D eigenvalue weighted by molar-refractivity contribution is -0.106. The van der Waals surface area contributed by atoms with Crippen LogP contribution in [0.25, 0.3) is 10.9 Å². The molecule has 26 heavy (non-hydrogen) atoms. The number of methoxy groups -OCH3 is 1. The number of aliphatic hydroxyl groups excluding tert-OH is 1. The Labute approximate surface area is 158 Å². The molecule has 6 nitrogen and oxygen atoms in total. The van der Waals surface area contributed by atoms with Crippen molar-refractivity contribution in [3.63, 3.8) is 0 Å². The molecule has 2 heterocycles. The van der Waals surface area contributed by atoms with Crippen molar-refractivity contribution in [2.24, 2.45) is 5.73 Å². The molecule has 0 aliphatic rings. The average molecular weight is 378 g/mol. The van der Waals surface area contributed by atoms with Crippen LogP contribution < -0.4 is 5.73 Å². The number of hydrogen-bond acceptors (Lipinski definition) is 4. The summed E-state index contributed by atoms with van der Waals surface area (Å²) < 4.78 is 4.87. The van der Waals surface area contributed by atoms with E-state index in [1.54, 1.807) is 13.3 Å². The third kappa shape index (κ3) is 7.65. The largest absolute Gasteiger partial charge is 0.388 e. The summed E-state index contributed by atoms with van der Waals surface area (Å²) in [6, 6.07) is 13.5. The molecule has 0 fully saturated rings. The van der Waals surface area contributed by atoms with Gasteiger partial charge in [0.25, 0.3) is 0 Å². The van der Waals surface area contributed by atoms with Crippen LogP contribution in [0.3, 0.4) is 0 Å². The minimum Gasteiger partial charge on any atom is -0.388 e. The third-order valence-electron chi connectivity index (χ3n) is 3.39. The fourth-order valence-electron chi connectivity index (χ4n) is 2.22. The van der Waals surface area contributed by atoms with E-state index in [1.807, 2.05) is 49.4 Å². The number of aromatic nitrogens is 2. The molecule has 3 aromatic rings. The van der Waals surface area contributed by atoms with Crippen LogP contribution in [0.1, 0.15) is 23.8 Å². The molecule has 1 aromatic carbocycles. The Hall–Kier alpha value is -2.41. The van der Waals surface area contributed by atoms with Crippen LogP contribution in [0.15, 0.2) is 48.7 Å². The first kappa shape index (κ1) is 21.6. The maximum atomic E-state index is 9.57. The molecular formula is C19H24ClN3O3. The van der Waals surface area contributed by atoms with Crippen LogP contribution in [0.2, 0.25) is 5.15 Å². The van der Waals surface area contributed by atoms with Crippen LogP contribution in [-0.4, -0.2) is 35.2 Å². The number of aryl methyl sites for hydroxylation is 1. The number of primary amides is 1. The first-order chi connectivity index (χ1) is 12.5. The highest BCUT2D eigenvalue weighted by Crippen LogP contribution is 2.17. The molecule has 0 aliphatic heterocycles. The molecule has 1 atom stereocenters. The Bertz CT molecular complexity index is 778. The van der Waals surface area contributed by atoms with Gasteiger partial charge in [0.1, 0.15) is 5.15 Å². The quantitative estimate of drug-likeness (QED) is 0.479. The number of pyridine rings is 1. The van der Waals surface area contributed by atoms with E-state index in [-0.39, 0.29) is 6.41 Å². The highest BCUT2D eigenvalue weighted by Gasteiger charge is 2.04. The van der Waals surface area contributed by atoms with Crippen LogP contribution in [0.4, 0.5) is 0 Å². The Kier molecular flexibility index (Phi) is 10.0. The number of nitrogens with one attached hydrogen (secondary N) is 1. The van der Waals surface area contributed by atoms with Crippen LogP contribution in [0, 0.1) is 6.92 Å². The molecule has 140 valence electrons. The van der Waals surface area contributed by atoms with Gasteiger partial charge in [0.15, 0.2) is 0 Å². The number of carbonyl (C=O) groups is 1. The maximum Gasteiger partial charge on any atom is 0.204 e. The summed E-state index contributed by atoms with van der Waals surface area (Å²) in [4.78, 5) is 15.7. The molecule has 0 spiro atoms. The van der Waals surface area contributed by atoms with E-state index >= 15 is 0 Å². The summed E-state index contributed by atoms with van der Waals surface area (Å²) in [5.74, 6) is 0. The van der Waals surface area contributed by atoms with Crippen molar-refractivity contribution in [3.05, 3.63) is 65.1 Å². The molecule has 0 saturated carbocycles. The van der Waals surface area contributed by atoms with Gasteiger partial charge in [-0.15, -0.1) is 0 Å². The second-order valence-corrected chi connectivity index (χ2v) is 5.78. The maximum absolute atomic E-state index is 9.57. The number of aromatic amines is 1. The predicted octanol–water partition coefficient (Wildman–Crippen LogP) is 3.38. The van der Waals surface area contributed by atoms with Crippen molar-refractivity contribution < 1.29 is 14.6 Å². The standard InChI is InChI=1S/C10H14O2.C8H7ClN2.CH3NO/c1-12-8-7-10(11)9-5-3-2-4-6-9;1-5-2-6-3-8(9)10-4-7(6)11-5;2-1-3/h2-6,10-11H,7-8H2,1H3;2-4,11H,1H3;1H,(H2,2,3). The molecule has 2 aromatic heterocycles. The molecule has 1 amide bonds. The minimum atomic E-state index is -0.397. The van der Waals surface area contributed by atoms with E-state index in [0.29, 0.717) is 18.2 Å². The van der Waals surface area contributed by atoms with Crippen molar-refractivity contribution in [2.75, 3.05) is 13.7 Å². The summed E-state index contributed by atoms with van der Waals surface area (Å²) in [7, 11) is 1.64. The van der Waals surface area contributed by atoms with Crippen molar-refractivity contribution in [3.8, 4) is 0 Å². The number of fused-ring (bicyclic) bond motifs is 1. The molecule has 0 radical (unpaired) electrons. The molecule has 0 bridgehead atoms. The van der Waals surface area contributed by atoms with Crippen molar-refractivity contribution in [1.82, 2.24) is 9.97 Å². The smallest absolute Gasteiger partial charge is 0.204 e. The number of nitrogens with two attached hydrogens (primary N) is 1. The summed E-state index contributed by atoms with van der Waals surface area (Å²) in [6.45, 7) is 2.60. The number of H-pyrrole nitrogens is 1. The van der Waals surface area contributed by atoms with Crippen molar-refractivity contribution in [2.45, 2.75) is 19.4 Å². The fraction of sp³-hybridized carbons (Fsp3) is 0.263. The first-order valence-corrected chi connectivity index (χ1v) is 8.37. The SMILES string of the molecule is COCCC(O)c1ccccc1.Cc1cc2cc(Cl)ncc2[nH]1.NC=O. The number of halogens is 1. The van der Waals surface area contributed by atoms with Gasteiger partial charge in [-0.05, 0) is 24.6 Å². The Morgan fingerprint density at radius 1 is 1.35 bits per heavy atom. The Balaban J connectivity index is 0.000000227. The van der Waals surface area contributed by atoms with Gasteiger partial charge in [-0.3, -0.25) is 4.79 Å². The molecule has 3 rings (SSSR count).